The average Bonchev–Trinajstić information content (AvgIpc) is 3.24. The van der Waals surface area contributed by atoms with E-state index in [1.807, 2.05) is 0 Å². The van der Waals surface area contributed by atoms with Crippen LogP contribution < -0.4 is 5.32 Å². The number of aromatic amines is 1. The normalized spacial score (nSPS) is 25.1. The van der Waals surface area contributed by atoms with Gasteiger partial charge in [0.15, 0.2) is 0 Å². The highest BCUT2D eigenvalue weighted by atomic mass is 16.5. The highest BCUT2D eigenvalue weighted by molar-refractivity contribution is 6.09. The topological polar surface area (TPSA) is 116 Å². The first-order valence-corrected chi connectivity index (χ1v) is 7.95. The van der Waals surface area contributed by atoms with Gasteiger partial charge in [0.05, 0.1) is 33.1 Å². The Morgan fingerprint density at radius 3 is 2.68 bits per heavy atom. The lowest BCUT2D eigenvalue weighted by Gasteiger charge is -2.26. The van der Waals surface area contributed by atoms with Crippen LogP contribution in [-0.4, -0.2) is 63.0 Å². The number of carbonyl (C=O) groups is 3. The van der Waals surface area contributed by atoms with Crippen molar-refractivity contribution in [2.24, 2.45) is 11.8 Å². The molecule has 3 rings (SSSR count). The van der Waals surface area contributed by atoms with Crippen LogP contribution >= 0.6 is 0 Å². The standard InChI is InChI=1S/C16H20N2O7/c1-22-15(20)10-5-17-12(16(21)23-2)11(10)18-14(19)13-9-3-4-24-6-8(9)7-25-13/h5,8-9,13,17H,3-4,6-7H2,1-2H3,(H,18,19). The van der Waals surface area contributed by atoms with Crippen molar-refractivity contribution in [3.8, 4) is 0 Å². The molecule has 0 spiro atoms. The number of anilines is 1. The van der Waals surface area contributed by atoms with Gasteiger partial charge in [0.25, 0.3) is 5.91 Å². The number of nitrogens with one attached hydrogen (secondary N) is 2. The largest absolute Gasteiger partial charge is 0.465 e. The Kier molecular flexibility index (Phi) is 5.05. The minimum atomic E-state index is -0.707. The van der Waals surface area contributed by atoms with Gasteiger partial charge in [-0.05, 0) is 6.42 Å². The molecule has 1 aromatic heterocycles. The molecule has 2 saturated heterocycles. The summed E-state index contributed by atoms with van der Waals surface area (Å²) in [5.74, 6) is -1.57. The second-order valence-electron chi connectivity index (χ2n) is 5.97. The highest BCUT2D eigenvalue weighted by Gasteiger charge is 2.43. The fourth-order valence-corrected chi connectivity index (χ4v) is 3.29. The van der Waals surface area contributed by atoms with Crippen LogP contribution in [-0.2, 0) is 23.7 Å². The Morgan fingerprint density at radius 2 is 1.96 bits per heavy atom. The molecule has 25 heavy (non-hydrogen) atoms. The molecule has 9 heteroatoms. The molecule has 0 aromatic carbocycles. The van der Waals surface area contributed by atoms with Gasteiger partial charge in [0, 0.05) is 24.6 Å². The van der Waals surface area contributed by atoms with Gasteiger partial charge < -0.3 is 29.2 Å². The zero-order valence-electron chi connectivity index (χ0n) is 14.0. The molecule has 9 nitrogen and oxygen atoms in total. The van der Waals surface area contributed by atoms with E-state index in [1.54, 1.807) is 0 Å². The number of aromatic nitrogens is 1. The van der Waals surface area contributed by atoms with E-state index in [1.165, 1.54) is 20.4 Å². The third kappa shape index (κ3) is 3.24. The third-order valence-corrected chi connectivity index (χ3v) is 4.59. The van der Waals surface area contributed by atoms with Gasteiger partial charge in [0.2, 0.25) is 0 Å². The number of carbonyl (C=O) groups excluding carboxylic acids is 3. The van der Waals surface area contributed by atoms with Crippen LogP contribution in [0.25, 0.3) is 0 Å². The molecule has 2 aliphatic heterocycles. The van der Waals surface area contributed by atoms with Crippen LogP contribution in [0.15, 0.2) is 6.20 Å². The molecule has 2 N–H and O–H groups in total. The Bertz CT molecular complexity index is 651. The van der Waals surface area contributed by atoms with Crippen molar-refractivity contribution in [2.45, 2.75) is 12.5 Å². The number of hydrogen-bond acceptors (Lipinski definition) is 7. The van der Waals surface area contributed by atoms with E-state index in [0.717, 1.165) is 6.42 Å². The molecule has 0 bridgehead atoms. The number of rotatable bonds is 4. The van der Waals surface area contributed by atoms with E-state index in [4.69, 9.17) is 9.47 Å². The molecule has 3 atom stereocenters. The molecule has 1 aromatic rings. The zero-order chi connectivity index (χ0) is 18.0. The van der Waals surface area contributed by atoms with Gasteiger partial charge in [-0.3, -0.25) is 4.79 Å². The van der Waals surface area contributed by atoms with Crippen molar-refractivity contribution in [3.63, 3.8) is 0 Å². The Hall–Kier alpha value is -2.39. The number of methoxy groups -OCH3 is 2. The number of amides is 1. The minimum Gasteiger partial charge on any atom is -0.465 e. The number of H-pyrrole nitrogens is 1. The van der Waals surface area contributed by atoms with Gasteiger partial charge >= 0.3 is 11.9 Å². The lowest BCUT2D eigenvalue weighted by molar-refractivity contribution is -0.126. The molecule has 2 fully saturated rings. The fraction of sp³-hybridized carbons (Fsp3) is 0.562. The van der Waals surface area contributed by atoms with Gasteiger partial charge in [-0.15, -0.1) is 0 Å². The molecule has 3 unspecified atom stereocenters. The number of hydrogen-bond donors (Lipinski definition) is 2. The van der Waals surface area contributed by atoms with Crippen molar-refractivity contribution in [2.75, 3.05) is 39.4 Å². The van der Waals surface area contributed by atoms with Crippen molar-refractivity contribution in [1.82, 2.24) is 4.98 Å². The van der Waals surface area contributed by atoms with E-state index in [-0.39, 0.29) is 28.8 Å². The van der Waals surface area contributed by atoms with Gasteiger partial charge in [-0.2, -0.15) is 0 Å². The summed E-state index contributed by atoms with van der Waals surface area (Å²) >= 11 is 0. The predicted octanol–water partition coefficient (Wildman–Crippen LogP) is 0.578. The predicted molar refractivity (Wildman–Crippen MR) is 84.3 cm³/mol. The Morgan fingerprint density at radius 1 is 1.20 bits per heavy atom. The van der Waals surface area contributed by atoms with Crippen molar-refractivity contribution < 1.29 is 33.3 Å². The quantitative estimate of drug-likeness (QED) is 0.761. The van der Waals surface area contributed by atoms with Gasteiger partial charge in [-0.1, -0.05) is 0 Å². The van der Waals surface area contributed by atoms with E-state index >= 15 is 0 Å². The first-order valence-electron chi connectivity index (χ1n) is 7.95. The van der Waals surface area contributed by atoms with Crippen LogP contribution in [0, 0.1) is 11.8 Å². The Labute approximate surface area is 143 Å². The van der Waals surface area contributed by atoms with Crippen LogP contribution in [0.3, 0.4) is 0 Å². The van der Waals surface area contributed by atoms with Crippen molar-refractivity contribution in [1.29, 1.82) is 0 Å². The first-order chi connectivity index (χ1) is 12.1. The molecular weight excluding hydrogens is 332 g/mol. The lowest BCUT2D eigenvalue weighted by atomic mass is 9.86. The molecule has 0 radical (unpaired) electrons. The van der Waals surface area contributed by atoms with Crippen LogP contribution in [0.1, 0.15) is 27.3 Å². The van der Waals surface area contributed by atoms with Crippen molar-refractivity contribution in [3.05, 3.63) is 17.5 Å². The summed E-state index contributed by atoms with van der Waals surface area (Å²) < 4.78 is 20.4. The van der Waals surface area contributed by atoms with Crippen LogP contribution in [0.5, 0.6) is 0 Å². The fourth-order valence-electron chi connectivity index (χ4n) is 3.29. The molecule has 136 valence electrons. The second-order valence-corrected chi connectivity index (χ2v) is 5.97. The van der Waals surface area contributed by atoms with E-state index in [0.29, 0.717) is 19.8 Å². The molecular formula is C16H20N2O7. The monoisotopic (exact) mass is 352 g/mol. The number of fused-ring (bicyclic) bond motifs is 1. The SMILES string of the molecule is COC(=O)c1c[nH]c(C(=O)OC)c1NC(=O)C1OCC2COCCC21. The smallest absolute Gasteiger partial charge is 0.356 e. The molecule has 0 saturated carbocycles. The van der Waals surface area contributed by atoms with Crippen molar-refractivity contribution >= 4 is 23.5 Å². The summed E-state index contributed by atoms with van der Waals surface area (Å²) in [6.07, 6.45) is 1.36. The van der Waals surface area contributed by atoms with Crippen LogP contribution in [0.2, 0.25) is 0 Å². The number of esters is 2. The summed E-state index contributed by atoms with van der Waals surface area (Å²) in [5, 5.41) is 2.63. The summed E-state index contributed by atoms with van der Waals surface area (Å²) in [6.45, 7) is 1.60. The minimum absolute atomic E-state index is 0.0298. The molecule has 3 heterocycles. The van der Waals surface area contributed by atoms with Gasteiger partial charge in [-0.25, -0.2) is 9.59 Å². The second kappa shape index (κ2) is 7.24. The zero-order valence-corrected chi connectivity index (χ0v) is 14.0. The lowest BCUT2D eigenvalue weighted by Crippen LogP contribution is -2.37. The maximum Gasteiger partial charge on any atom is 0.356 e. The van der Waals surface area contributed by atoms with E-state index in [9.17, 15) is 14.4 Å². The van der Waals surface area contributed by atoms with E-state index in [2.05, 4.69) is 19.8 Å². The van der Waals surface area contributed by atoms with Crippen LogP contribution in [0.4, 0.5) is 5.69 Å². The summed E-state index contributed by atoms with van der Waals surface area (Å²) in [5.41, 5.74) is 0.0401. The average molecular weight is 352 g/mol. The molecule has 0 aliphatic carbocycles. The summed E-state index contributed by atoms with van der Waals surface area (Å²) in [4.78, 5) is 39.1. The first kappa shape index (κ1) is 17.4. The highest BCUT2D eigenvalue weighted by Crippen LogP contribution is 2.34. The third-order valence-electron chi connectivity index (χ3n) is 4.59. The molecule has 2 aliphatic rings. The summed E-state index contributed by atoms with van der Waals surface area (Å²) in [7, 11) is 2.42. The van der Waals surface area contributed by atoms with Gasteiger partial charge in [0.1, 0.15) is 17.4 Å². The van der Waals surface area contributed by atoms with E-state index < -0.39 is 23.9 Å². The number of ether oxygens (including phenoxy) is 4. The maximum absolute atomic E-state index is 12.7. The molecule has 1 amide bonds. The maximum atomic E-state index is 12.7. The Balaban J connectivity index is 1.83. The summed E-state index contributed by atoms with van der Waals surface area (Å²) in [6, 6.07) is 0.